The molecular formula is C23H28Cl2N2O6S. The van der Waals surface area contributed by atoms with Crippen LogP contribution in [0.2, 0.25) is 10.0 Å². The zero-order chi connectivity index (χ0) is 25.5. The van der Waals surface area contributed by atoms with Crippen LogP contribution in [0.25, 0.3) is 11.1 Å². The van der Waals surface area contributed by atoms with Gasteiger partial charge in [0.25, 0.3) is 0 Å². The van der Waals surface area contributed by atoms with Gasteiger partial charge in [-0.25, -0.2) is 9.59 Å². The minimum atomic E-state index is -1.40. The number of nitrogens with one attached hydrogen (secondary N) is 1. The van der Waals surface area contributed by atoms with E-state index in [1.165, 1.54) is 0 Å². The smallest absolute Gasteiger partial charge is 0.408 e. The number of aliphatic carboxylic acids is 1. The molecule has 2 rings (SSSR count). The van der Waals surface area contributed by atoms with E-state index in [2.05, 4.69) is 10.3 Å². The van der Waals surface area contributed by atoms with Crippen molar-refractivity contribution in [3.63, 3.8) is 0 Å². The maximum Gasteiger partial charge on any atom is 0.408 e. The molecule has 0 aliphatic carbocycles. The van der Waals surface area contributed by atoms with Gasteiger partial charge in [-0.2, -0.15) is 0 Å². The second-order valence-corrected chi connectivity index (χ2v) is 11.1. The number of alkyl carbamates (subject to hydrolysis) is 1. The molecule has 3 unspecified atom stereocenters. The Kier molecular flexibility index (Phi) is 10.3. The van der Waals surface area contributed by atoms with Crippen LogP contribution in [0.5, 0.6) is 0 Å². The van der Waals surface area contributed by atoms with E-state index in [0.717, 1.165) is 11.1 Å². The van der Waals surface area contributed by atoms with Gasteiger partial charge >= 0.3 is 12.1 Å². The van der Waals surface area contributed by atoms with Crippen LogP contribution in [0.3, 0.4) is 0 Å². The monoisotopic (exact) mass is 530 g/mol. The normalized spacial score (nSPS) is 14.2. The zero-order valence-electron chi connectivity index (χ0n) is 19.1. The maximum atomic E-state index is 12.3. The first-order valence-corrected chi connectivity index (χ1v) is 12.8. The van der Waals surface area contributed by atoms with Gasteiger partial charge in [0.2, 0.25) is 0 Å². The number of ether oxygens (including phenoxy) is 1. The van der Waals surface area contributed by atoms with Crippen LogP contribution in [0.4, 0.5) is 4.79 Å². The number of aromatic nitrogens is 1. The average molecular weight is 531 g/mol. The lowest BCUT2D eigenvalue weighted by Crippen LogP contribution is -2.44. The number of carbonyl (C=O) groups excluding carboxylic acids is 1. The number of aliphatic hydroxyl groups is 1. The zero-order valence-corrected chi connectivity index (χ0v) is 21.4. The van der Waals surface area contributed by atoms with E-state index >= 15 is 0 Å². The molecule has 0 fully saturated rings. The van der Waals surface area contributed by atoms with Crippen LogP contribution in [-0.4, -0.2) is 54.6 Å². The number of benzene rings is 1. The summed E-state index contributed by atoms with van der Waals surface area (Å²) in [6.07, 6.45) is -0.0571. The molecule has 2 aromatic rings. The Morgan fingerprint density at radius 1 is 1.15 bits per heavy atom. The predicted octanol–water partition coefficient (Wildman–Crippen LogP) is 4.60. The summed E-state index contributed by atoms with van der Waals surface area (Å²) in [6.45, 7) is 4.99. The summed E-state index contributed by atoms with van der Waals surface area (Å²) in [6, 6.07) is 7.35. The van der Waals surface area contributed by atoms with Gasteiger partial charge in [-0.3, -0.25) is 9.19 Å². The maximum absolute atomic E-state index is 12.3. The van der Waals surface area contributed by atoms with Crippen molar-refractivity contribution in [2.24, 2.45) is 0 Å². The number of carbonyl (C=O) groups is 2. The van der Waals surface area contributed by atoms with E-state index in [-0.39, 0.29) is 24.3 Å². The quantitative estimate of drug-likeness (QED) is 0.409. The van der Waals surface area contributed by atoms with Crippen LogP contribution in [0.15, 0.2) is 36.5 Å². The molecule has 0 bridgehead atoms. The summed E-state index contributed by atoms with van der Waals surface area (Å²) in [5.41, 5.74) is 1.17. The molecule has 1 amide bonds. The SMILES string of the molecule is CC(C)(C)OC(=O)NC(CCS(=O)CCC(O)c1ccc(-c2ccc(Cl)cc2Cl)cn1)C(=O)O. The molecule has 1 aromatic heterocycles. The van der Waals surface area contributed by atoms with Crippen molar-refractivity contribution in [1.82, 2.24) is 10.3 Å². The molecule has 1 heterocycles. The van der Waals surface area contributed by atoms with E-state index < -0.39 is 40.6 Å². The molecule has 11 heteroatoms. The van der Waals surface area contributed by atoms with E-state index in [9.17, 15) is 24.0 Å². The molecule has 3 N–H and O–H groups in total. The number of rotatable bonds is 10. The highest BCUT2D eigenvalue weighted by molar-refractivity contribution is 7.84. The average Bonchev–Trinajstić information content (AvgIpc) is 2.73. The topological polar surface area (TPSA) is 126 Å². The first kappa shape index (κ1) is 28.0. The summed E-state index contributed by atoms with van der Waals surface area (Å²) in [4.78, 5) is 27.5. The van der Waals surface area contributed by atoms with Gasteiger partial charge in [0.15, 0.2) is 0 Å². The van der Waals surface area contributed by atoms with Gasteiger partial charge < -0.3 is 20.3 Å². The van der Waals surface area contributed by atoms with Crippen molar-refractivity contribution in [2.75, 3.05) is 11.5 Å². The van der Waals surface area contributed by atoms with Crippen LogP contribution in [-0.2, 0) is 20.3 Å². The van der Waals surface area contributed by atoms with Crippen LogP contribution in [0, 0.1) is 0 Å². The largest absolute Gasteiger partial charge is 0.480 e. The molecule has 3 atom stereocenters. The number of hydrogen-bond acceptors (Lipinski definition) is 6. The molecular weight excluding hydrogens is 503 g/mol. The summed E-state index contributed by atoms with van der Waals surface area (Å²) < 4.78 is 17.4. The Morgan fingerprint density at radius 3 is 2.38 bits per heavy atom. The molecule has 1 aromatic carbocycles. The lowest BCUT2D eigenvalue weighted by atomic mass is 10.1. The fourth-order valence-corrected chi connectivity index (χ4v) is 4.64. The van der Waals surface area contributed by atoms with Gasteiger partial charge in [0, 0.05) is 49.7 Å². The number of carboxylic acids is 1. The highest BCUT2D eigenvalue weighted by Gasteiger charge is 2.24. The van der Waals surface area contributed by atoms with Crippen molar-refractivity contribution >= 4 is 46.1 Å². The molecule has 0 radical (unpaired) electrons. The lowest BCUT2D eigenvalue weighted by molar-refractivity contribution is -0.139. The van der Waals surface area contributed by atoms with E-state index in [1.807, 2.05) is 0 Å². The minimum Gasteiger partial charge on any atom is -0.480 e. The van der Waals surface area contributed by atoms with Gasteiger partial charge in [-0.15, -0.1) is 0 Å². The van der Waals surface area contributed by atoms with Crippen LogP contribution in [0.1, 0.15) is 45.4 Å². The number of aliphatic hydroxyl groups excluding tert-OH is 1. The third-order valence-corrected chi connectivity index (χ3v) is 6.54. The van der Waals surface area contributed by atoms with Crippen LogP contribution >= 0.6 is 23.2 Å². The molecule has 186 valence electrons. The Labute approximate surface area is 211 Å². The third-order valence-electron chi connectivity index (χ3n) is 4.61. The molecule has 0 aliphatic heterocycles. The number of pyridine rings is 1. The Balaban J connectivity index is 1.85. The second kappa shape index (κ2) is 12.5. The third kappa shape index (κ3) is 9.21. The second-order valence-electron chi connectivity index (χ2n) is 8.57. The molecule has 0 spiro atoms. The number of nitrogens with zero attached hydrogens (tertiary/aromatic N) is 1. The fraction of sp³-hybridized carbons (Fsp3) is 0.435. The number of halogens is 2. The summed E-state index contributed by atoms with van der Waals surface area (Å²) in [7, 11) is -1.40. The Hall–Kier alpha value is -2.20. The number of hydrogen-bond donors (Lipinski definition) is 3. The van der Waals surface area contributed by atoms with Gasteiger partial charge in [-0.05, 0) is 51.8 Å². The van der Waals surface area contributed by atoms with E-state index in [0.29, 0.717) is 15.7 Å². The first-order chi connectivity index (χ1) is 15.9. The lowest BCUT2D eigenvalue weighted by Gasteiger charge is -2.22. The van der Waals surface area contributed by atoms with Gasteiger partial charge in [0.1, 0.15) is 11.6 Å². The van der Waals surface area contributed by atoms with Gasteiger partial charge in [0.05, 0.1) is 11.8 Å². The standard InChI is InChI=1S/C23H28Cl2N2O6S/c1-23(2,3)33-22(31)27-19(21(29)30)8-10-34(32)11-9-20(28)18-7-4-14(13-26-18)16-6-5-15(24)12-17(16)25/h4-7,12-13,19-20,28H,8-11H2,1-3H3,(H,27,31)(H,29,30). The van der Waals surface area contributed by atoms with Crippen LogP contribution < -0.4 is 5.32 Å². The highest BCUT2D eigenvalue weighted by Crippen LogP contribution is 2.30. The fourth-order valence-electron chi connectivity index (χ4n) is 2.93. The van der Waals surface area contributed by atoms with Crippen molar-refractivity contribution in [3.8, 4) is 11.1 Å². The molecule has 8 nitrogen and oxygen atoms in total. The van der Waals surface area contributed by atoms with Crippen molar-refractivity contribution < 1.29 is 28.7 Å². The Morgan fingerprint density at radius 2 is 1.82 bits per heavy atom. The Bertz CT molecular complexity index is 1030. The molecule has 0 saturated carbocycles. The van der Waals surface area contributed by atoms with Crippen molar-refractivity contribution in [2.45, 2.75) is 51.4 Å². The summed E-state index contributed by atoms with van der Waals surface area (Å²) >= 11 is 12.1. The van der Waals surface area contributed by atoms with Crippen molar-refractivity contribution in [3.05, 3.63) is 52.3 Å². The summed E-state index contributed by atoms with van der Waals surface area (Å²) in [5.74, 6) is -1.05. The van der Waals surface area contributed by atoms with Gasteiger partial charge in [-0.1, -0.05) is 35.3 Å². The summed E-state index contributed by atoms with van der Waals surface area (Å²) in [5, 5.41) is 23.0. The van der Waals surface area contributed by atoms with Crippen molar-refractivity contribution in [1.29, 1.82) is 0 Å². The highest BCUT2D eigenvalue weighted by atomic mass is 35.5. The first-order valence-electron chi connectivity index (χ1n) is 10.5. The number of carboxylic acid groups (broad SMARTS) is 1. The van der Waals surface area contributed by atoms with E-state index in [1.54, 1.807) is 57.3 Å². The molecule has 0 saturated heterocycles. The van der Waals surface area contributed by atoms with E-state index in [4.69, 9.17) is 27.9 Å². The number of amides is 1. The predicted molar refractivity (Wildman–Crippen MR) is 133 cm³/mol. The minimum absolute atomic E-state index is 0.0356. The molecule has 0 aliphatic rings. The molecule has 34 heavy (non-hydrogen) atoms.